The minimum Gasteiger partial charge on any atom is -0.346 e. The van der Waals surface area contributed by atoms with Gasteiger partial charge in [0.05, 0.1) is 12.2 Å². The number of pyridine rings is 1. The van der Waals surface area contributed by atoms with Gasteiger partial charge >= 0.3 is 0 Å². The predicted octanol–water partition coefficient (Wildman–Crippen LogP) is 3.08. The lowest BCUT2D eigenvalue weighted by Crippen LogP contribution is -2.23. The first-order valence-corrected chi connectivity index (χ1v) is 6.40. The number of rotatable bonds is 3. The fourth-order valence-corrected chi connectivity index (χ4v) is 2.00. The number of amides is 1. The number of nitrogens with one attached hydrogen (secondary N) is 1. The third-order valence-corrected chi connectivity index (χ3v) is 3.11. The number of hydrogen-bond donors (Lipinski definition) is 1. The maximum absolute atomic E-state index is 11.9. The Hall–Kier alpha value is -1.68. The third kappa shape index (κ3) is 3.17. The van der Waals surface area contributed by atoms with E-state index in [9.17, 15) is 4.79 Å². The monoisotopic (exact) mass is 304 g/mol. The molecule has 0 fully saturated rings. The van der Waals surface area contributed by atoms with Gasteiger partial charge in [-0.1, -0.05) is 28.1 Å². The van der Waals surface area contributed by atoms with Crippen molar-refractivity contribution in [2.75, 3.05) is 0 Å². The van der Waals surface area contributed by atoms with Crippen molar-refractivity contribution in [3.05, 3.63) is 63.9 Å². The van der Waals surface area contributed by atoms with E-state index in [1.54, 1.807) is 18.3 Å². The zero-order valence-corrected chi connectivity index (χ0v) is 11.6. The molecule has 0 bridgehead atoms. The highest BCUT2D eigenvalue weighted by molar-refractivity contribution is 9.10. The molecule has 0 aliphatic rings. The Balaban J connectivity index is 2.03. The van der Waals surface area contributed by atoms with Crippen molar-refractivity contribution in [3.63, 3.8) is 0 Å². The topological polar surface area (TPSA) is 42.0 Å². The van der Waals surface area contributed by atoms with Crippen LogP contribution in [0, 0.1) is 6.92 Å². The first kappa shape index (κ1) is 12.8. The van der Waals surface area contributed by atoms with E-state index in [1.807, 2.05) is 31.2 Å². The Bertz CT molecular complexity index is 569. The molecule has 0 spiro atoms. The molecule has 0 saturated heterocycles. The summed E-state index contributed by atoms with van der Waals surface area (Å²) in [6, 6.07) is 11.2. The van der Waals surface area contributed by atoms with Crippen LogP contribution in [0.5, 0.6) is 0 Å². The van der Waals surface area contributed by atoms with Crippen LogP contribution in [0.3, 0.4) is 0 Å². The molecule has 1 amide bonds. The minimum absolute atomic E-state index is 0.0960. The number of aryl methyl sites for hydroxylation is 1. The number of halogens is 1. The lowest BCUT2D eigenvalue weighted by atomic mass is 10.2. The molecule has 0 aliphatic carbocycles. The summed E-state index contributed by atoms with van der Waals surface area (Å²) in [5, 5.41) is 2.86. The lowest BCUT2D eigenvalue weighted by Gasteiger charge is -2.07. The van der Waals surface area contributed by atoms with Crippen LogP contribution in [0.4, 0.5) is 0 Å². The molecule has 92 valence electrons. The summed E-state index contributed by atoms with van der Waals surface area (Å²) in [7, 11) is 0. The van der Waals surface area contributed by atoms with Crippen LogP contribution in [0.25, 0.3) is 0 Å². The number of nitrogens with zero attached hydrogens (tertiary/aromatic N) is 1. The van der Waals surface area contributed by atoms with E-state index in [2.05, 4.69) is 26.2 Å². The SMILES string of the molecule is Cc1cccnc1CNC(=O)c1cccc(Br)c1. The van der Waals surface area contributed by atoms with Crippen molar-refractivity contribution < 1.29 is 4.79 Å². The van der Waals surface area contributed by atoms with E-state index in [-0.39, 0.29) is 5.91 Å². The number of hydrogen-bond acceptors (Lipinski definition) is 2. The van der Waals surface area contributed by atoms with Crippen molar-refractivity contribution in [2.24, 2.45) is 0 Å². The molecule has 1 aromatic heterocycles. The Labute approximate surface area is 114 Å². The Morgan fingerprint density at radius 3 is 2.89 bits per heavy atom. The second-order valence-electron chi connectivity index (χ2n) is 3.96. The molecule has 2 rings (SSSR count). The quantitative estimate of drug-likeness (QED) is 0.947. The summed E-state index contributed by atoms with van der Waals surface area (Å²) >= 11 is 3.35. The number of aromatic nitrogens is 1. The zero-order valence-electron chi connectivity index (χ0n) is 9.98. The standard InChI is InChI=1S/C14H13BrN2O/c1-10-4-3-7-16-13(10)9-17-14(18)11-5-2-6-12(15)8-11/h2-8H,9H2,1H3,(H,17,18). The molecular weight excluding hydrogens is 292 g/mol. The molecule has 0 unspecified atom stereocenters. The highest BCUT2D eigenvalue weighted by atomic mass is 79.9. The van der Waals surface area contributed by atoms with Gasteiger partial charge in [0.15, 0.2) is 0 Å². The normalized spacial score (nSPS) is 10.1. The number of benzene rings is 1. The van der Waals surface area contributed by atoms with Crippen LogP contribution in [0.15, 0.2) is 47.1 Å². The van der Waals surface area contributed by atoms with Gasteiger partial charge in [0, 0.05) is 16.2 Å². The zero-order chi connectivity index (χ0) is 13.0. The molecule has 1 N–H and O–H groups in total. The molecule has 0 radical (unpaired) electrons. The van der Waals surface area contributed by atoms with Gasteiger partial charge in [-0.3, -0.25) is 9.78 Å². The molecule has 1 heterocycles. The summed E-state index contributed by atoms with van der Waals surface area (Å²) in [6.45, 7) is 2.42. The third-order valence-electron chi connectivity index (χ3n) is 2.62. The van der Waals surface area contributed by atoms with Crippen LogP contribution in [-0.2, 0) is 6.54 Å². The highest BCUT2D eigenvalue weighted by Crippen LogP contribution is 2.11. The van der Waals surface area contributed by atoms with Crippen molar-refractivity contribution >= 4 is 21.8 Å². The van der Waals surface area contributed by atoms with Crippen molar-refractivity contribution in [1.29, 1.82) is 0 Å². The van der Waals surface area contributed by atoms with Gasteiger partial charge in [0.25, 0.3) is 5.91 Å². The summed E-state index contributed by atoms with van der Waals surface area (Å²) in [6.07, 6.45) is 1.73. The molecule has 4 heteroatoms. The fraction of sp³-hybridized carbons (Fsp3) is 0.143. The molecule has 3 nitrogen and oxygen atoms in total. The molecule has 0 atom stereocenters. The van der Waals surface area contributed by atoms with Crippen LogP contribution in [-0.4, -0.2) is 10.9 Å². The van der Waals surface area contributed by atoms with E-state index < -0.39 is 0 Å². The van der Waals surface area contributed by atoms with E-state index in [0.29, 0.717) is 12.1 Å². The van der Waals surface area contributed by atoms with Gasteiger partial charge in [-0.15, -0.1) is 0 Å². The number of carbonyl (C=O) groups is 1. The molecule has 0 saturated carbocycles. The summed E-state index contributed by atoms with van der Waals surface area (Å²) in [4.78, 5) is 16.2. The van der Waals surface area contributed by atoms with Crippen LogP contribution < -0.4 is 5.32 Å². The van der Waals surface area contributed by atoms with Gasteiger partial charge in [0.1, 0.15) is 0 Å². The summed E-state index contributed by atoms with van der Waals surface area (Å²) in [5.74, 6) is -0.0960. The van der Waals surface area contributed by atoms with E-state index >= 15 is 0 Å². The van der Waals surface area contributed by atoms with E-state index in [1.165, 1.54) is 0 Å². The average Bonchev–Trinajstić information content (AvgIpc) is 2.37. The Morgan fingerprint density at radius 1 is 1.33 bits per heavy atom. The van der Waals surface area contributed by atoms with Gasteiger partial charge in [0.2, 0.25) is 0 Å². The van der Waals surface area contributed by atoms with Crippen LogP contribution >= 0.6 is 15.9 Å². The van der Waals surface area contributed by atoms with Crippen molar-refractivity contribution in [3.8, 4) is 0 Å². The number of carbonyl (C=O) groups excluding carboxylic acids is 1. The molecular formula is C14H13BrN2O. The minimum atomic E-state index is -0.0960. The molecule has 18 heavy (non-hydrogen) atoms. The predicted molar refractivity (Wildman–Crippen MR) is 74.3 cm³/mol. The van der Waals surface area contributed by atoms with Gasteiger partial charge < -0.3 is 5.32 Å². The van der Waals surface area contributed by atoms with Crippen molar-refractivity contribution in [2.45, 2.75) is 13.5 Å². The first-order chi connectivity index (χ1) is 8.66. The van der Waals surface area contributed by atoms with Crippen LogP contribution in [0.2, 0.25) is 0 Å². The summed E-state index contributed by atoms with van der Waals surface area (Å²) in [5.41, 5.74) is 2.60. The lowest BCUT2D eigenvalue weighted by molar-refractivity contribution is 0.0950. The Kier molecular flexibility index (Phi) is 4.10. The summed E-state index contributed by atoms with van der Waals surface area (Å²) < 4.78 is 0.893. The largest absolute Gasteiger partial charge is 0.346 e. The van der Waals surface area contributed by atoms with Gasteiger partial charge in [-0.25, -0.2) is 0 Å². The van der Waals surface area contributed by atoms with Gasteiger partial charge in [-0.05, 0) is 36.8 Å². The van der Waals surface area contributed by atoms with Crippen molar-refractivity contribution in [1.82, 2.24) is 10.3 Å². The molecule has 2 aromatic rings. The van der Waals surface area contributed by atoms with E-state index in [4.69, 9.17) is 0 Å². The second kappa shape index (κ2) is 5.78. The van der Waals surface area contributed by atoms with Gasteiger partial charge in [-0.2, -0.15) is 0 Å². The van der Waals surface area contributed by atoms with Crippen LogP contribution in [0.1, 0.15) is 21.6 Å². The fourth-order valence-electron chi connectivity index (χ4n) is 1.60. The smallest absolute Gasteiger partial charge is 0.251 e. The average molecular weight is 305 g/mol. The molecule has 1 aromatic carbocycles. The van der Waals surface area contributed by atoms with E-state index in [0.717, 1.165) is 15.7 Å². The maximum Gasteiger partial charge on any atom is 0.251 e. The second-order valence-corrected chi connectivity index (χ2v) is 4.88. The maximum atomic E-state index is 11.9. The first-order valence-electron chi connectivity index (χ1n) is 5.61. The molecule has 0 aliphatic heterocycles. The highest BCUT2D eigenvalue weighted by Gasteiger charge is 2.06. The Morgan fingerprint density at radius 2 is 2.17 bits per heavy atom.